The second kappa shape index (κ2) is 5.67. The summed E-state index contributed by atoms with van der Waals surface area (Å²) < 4.78 is 5.34. The predicted molar refractivity (Wildman–Crippen MR) is 69.6 cm³/mol. The van der Waals surface area contributed by atoms with Gasteiger partial charge in [-0.3, -0.25) is 0 Å². The van der Waals surface area contributed by atoms with Crippen molar-refractivity contribution in [1.82, 2.24) is 10.3 Å². The second-order valence-corrected chi connectivity index (χ2v) is 4.68. The van der Waals surface area contributed by atoms with E-state index in [1.165, 1.54) is 0 Å². The summed E-state index contributed by atoms with van der Waals surface area (Å²) in [6.07, 6.45) is 3.20. The Balaban J connectivity index is 2.11. The number of pyridine rings is 1. The molecule has 1 aliphatic heterocycles. The topological polar surface area (TPSA) is 37.4 Å². The number of ether oxygens (including phenoxy) is 1. The molecule has 1 aliphatic rings. The molecule has 0 saturated carbocycles. The molecule has 94 valence electrons. The van der Waals surface area contributed by atoms with Crippen LogP contribution in [-0.2, 0) is 11.3 Å². The number of hydrogen-bond donors (Lipinski definition) is 1. The molecule has 0 amide bonds. The van der Waals surface area contributed by atoms with E-state index in [0.717, 1.165) is 42.5 Å². The highest BCUT2D eigenvalue weighted by atomic mass is 35.5. The van der Waals surface area contributed by atoms with Gasteiger partial charge in [0.15, 0.2) is 0 Å². The Kier molecular flexibility index (Phi) is 4.20. The molecular weight excluding hydrogens is 238 g/mol. The van der Waals surface area contributed by atoms with Crippen molar-refractivity contribution in [2.75, 3.05) is 32.1 Å². The van der Waals surface area contributed by atoms with Gasteiger partial charge in [-0.25, -0.2) is 4.98 Å². The van der Waals surface area contributed by atoms with Gasteiger partial charge in [-0.1, -0.05) is 11.6 Å². The fraction of sp³-hybridized carbons (Fsp3) is 0.583. The lowest BCUT2D eigenvalue weighted by atomic mass is 10.3. The Bertz CT molecular complexity index is 386. The third-order valence-corrected chi connectivity index (χ3v) is 3.32. The minimum absolute atomic E-state index is 0.296. The number of nitrogens with zero attached hydrogens (tertiary/aromatic N) is 2. The highest BCUT2D eigenvalue weighted by Crippen LogP contribution is 2.27. The Morgan fingerprint density at radius 1 is 1.65 bits per heavy atom. The fourth-order valence-electron chi connectivity index (χ4n) is 2.12. The van der Waals surface area contributed by atoms with E-state index in [4.69, 9.17) is 16.3 Å². The van der Waals surface area contributed by atoms with Crippen LogP contribution in [0.4, 0.5) is 5.82 Å². The van der Waals surface area contributed by atoms with E-state index < -0.39 is 0 Å². The van der Waals surface area contributed by atoms with Gasteiger partial charge >= 0.3 is 0 Å². The van der Waals surface area contributed by atoms with Crippen LogP contribution >= 0.6 is 11.6 Å². The van der Waals surface area contributed by atoms with Gasteiger partial charge in [-0.05, 0) is 25.1 Å². The molecule has 4 nitrogen and oxygen atoms in total. The summed E-state index contributed by atoms with van der Waals surface area (Å²) in [5.74, 6) is 0.867. The van der Waals surface area contributed by atoms with E-state index in [-0.39, 0.29) is 0 Å². The summed E-state index contributed by atoms with van der Waals surface area (Å²) in [6.45, 7) is 2.61. The number of nitrogens with one attached hydrogen (secondary N) is 1. The Hall–Kier alpha value is -0.840. The van der Waals surface area contributed by atoms with Crippen LogP contribution in [0.5, 0.6) is 0 Å². The first-order valence-corrected chi connectivity index (χ1v) is 6.19. The molecule has 1 unspecified atom stereocenters. The largest absolute Gasteiger partial charge is 0.380 e. The van der Waals surface area contributed by atoms with Gasteiger partial charge in [0.05, 0.1) is 11.1 Å². The van der Waals surface area contributed by atoms with Crippen LogP contribution in [0.15, 0.2) is 12.3 Å². The molecular formula is C12H18ClN3O. The van der Waals surface area contributed by atoms with Gasteiger partial charge in [0.2, 0.25) is 0 Å². The van der Waals surface area contributed by atoms with Crippen LogP contribution in [0.2, 0.25) is 5.02 Å². The number of methoxy groups -OCH3 is 1. The first-order chi connectivity index (χ1) is 8.24. The van der Waals surface area contributed by atoms with E-state index >= 15 is 0 Å². The minimum Gasteiger partial charge on any atom is -0.380 e. The lowest BCUT2D eigenvalue weighted by molar-refractivity contribution is 0.121. The average molecular weight is 256 g/mol. The number of anilines is 1. The van der Waals surface area contributed by atoms with Crippen LogP contribution in [0.25, 0.3) is 0 Å². The normalized spacial score (nSPS) is 19.9. The van der Waals surface area contributed by atoms with Gasteiger partial charge in [-0.15, -0.1) is 0 Å². The minimum atomic E-state index is 0.296. The predicted octanol–water partition coefficient (Wildman–Crippen LogP) is 1.68. The maximum atomic E-state index is 6.26. The van der Waals surface area contributed by atoms with Gasteiger partial charge in [0.1, 0.15) is 5.82 Å². The lowest BCUT2D eigenvalue weighted by Crippen LogP contribution is -2.23. The van der Waals surface area contributed by atoms with Gasteiger partial charge in [0, 0.05) is 32.9 Å². The maximum Gasteiger partial charge on any atom is 0.147 e. The van der Waals surface area contributed by atoms with Crippen LogP contribution in [0.1, 0.15) is 12.0 Å². The van der Waals surface area contributed by atoms with E-state index in [1.54, 1.807) is 7.11 Å². The van der Waals surface area contributed by atoms with E-state index in [2.05, 4.69) is 15.2 Å². The third kappa shape index (κ3) is 2.89. The molecule has 17 heavy (non-hydrogen) atoms. The molecule has 1 fully saturated rings. The number of halogens is 1. The van der Waals surface area contributed by atoms with Crippen molar-refractivity contribution >= 4 is 17.4 Å². The summed E-state index contributed by atoms with van der Waals surface area (Å²) in [5.41, 5.74) is 1.10. The molecule has 0 radical (unpaired) electrons. The smallest absolute Gasteiger partial charge is 0.147 e. The molecule has 2 rings (SSSR count). The average Bonchev–Trinajstić information content (AvgIpc) is 2.78. The zero-order valence-electron chi connectivity index (χ0n) is 10.2. The zero-order chi connectivity index (χ0) is 12.3. The molecule has 1 saturated heterocycles. The van der Waals surface area contributed by atoms with Crippen molar-refractivity contribution in [1.29, 1.82) is 0 Å². The molecule has 0 aromatic carbocycles. The highest BCUT2D eigenvalue weighted by Gasteiger charge is 2.24. The van der Waals surface area contributed by atoms with Crippen molar-refractivity contribution in [3.05, 3.63) is 22.8 Å². The van der Waals surface area contributed by atoms with E-state index in [1.807, 2.05) is 19.3 Å². The van der Waals surface area contributed by atoms with E-state index in [0.29, 0.717) is 6.10 Å². The zero-order valence-corrected chi connectivity index (χ0v) is 11.0. The van der Waals surface area contributed by atoms with Crippen molar-refractivity contribution in [2.24, 2.45) is 0 Å². The molecule has 0 bridgehead atoms. The Labute approximate surface area is 107 Å². The molecule has 1 N–H and O–H groups in total. The van der Waals surface area contributed by atoms with E-state index in [9.17, 15) is 0 Å². The monoisotopic (exact) mass is 255 g/mol. The summed E-state index contributed by atoms with van der Waals surface area (Å²) in [7, 11) is 3.66. The standard InChI is InChI=1S/C12H18ClN3O/c1-14-6-9-5-11(13)12(15-7-9)16-4-3-10(8-16)17-2/h5,7,10,14H,3-4,6,8H2,1-2H3. The maximum absolute atomic E-state index is 6.26. The first-order valence-electron chi connectivity index (χ1n) is 5.81. The second-order valence-electron chi connectivity index (χ2n) is 4.27. The summed E-state index contributed by atoms with van der Waals surface area (Å²) in [5, 5.41) is 3.80. The molecule has 0 spiro atoms. The Morgan fingerprint density at radius 2 is 2.47 bits per heavy atom. The molecule has 1 aromatic heterocycles. The van der Waals surface area contributed by atoms with Crippen LogP contribution in [0.3, 0.4) is 0 Å². The quantitative estimate of drug-likeness (QED) is 0.888. The van der Waals surface area contributed by atoms with Gasteiger partial charge in [0.25, 0.3) is 0 Å². The summed E-state index contributed by atoms with van der Waals surface area (Å²) in [4.78, 5) is 6.63. The number of rotatable bonds is 4. The van der Waals surface area contributed by atoms with Crippen LogP contribution < -0.4 is 10.2 Å². The highest BCUT2D eigenvalue weighted by molar-refractivity contribution is 6.33. The molecule has 1 aromatic rings. The molecule has 1 atom stereocenters. The van der Waals surface area contributed by atoms with Crippen LogP contribution in [-0.4, -0.2) is 38.3 Å². The van der Waals surface area contributed by atoms with Crippen molar-refractivity contribution in [3.63, 3.8) is 0 Å². The molecule has 5 heteroatoms. The first kappa shape index (κ1) is 12.6. The molecule has 0 aliphatic carbocycles. The number of aromatic nitrogens is 1. The van der Waals surface area contributed by atoms with Crippen molar-refractivity contribution in [3.8, 4) is 0 Å². The Morgan fingerprint density at radius 3 is 3.06 bits per heavy atom. The SMILES string of the molecule is CNCc1cnc(N2CCC(OC)C2)c(Cl)c1. The fourth-order valence-corrected chi connectivity index (χ4v) is 2.43. The van der Waals surface area contributed by atoms with Crippen molar-refractivity contribution < 1.29 is 4.74 Å². The van der Waals surface area contributed by atoms with Gasteiger partial charge < -0.3 is 15.0 Å². The summed E-state index contributed by atoms with van der Waals surface area (Å²) >= 11 is 6.26. The van der Waals surface area contributed by atoms with Crippen molar-refractivity contribution in [2.45, 2.75) is 19.1 Å². The van der Waals surface area contributed by atoms with Gasteiger partial charge in [-0.2, -0.15) is 0 Å². The third-order valence-electron chi connectivity index (χ3n) is 3.04. The molecule has 2 heterocycles. The summed E-state index contributed by atoms with van der Waals surface area (Å²) in [6, 6.07) is 1.97. The number of hydrogen-bond acceptors (Lipinski definition) is 4. The van der Waals surface area contributed by atoms with Crippen LogP contribution in [0, 0.1) is 0 Å². The lowest BCUT2D eigenvalue weighted by Gasteiger charge is -2.18.